The van der Waals surface area contributed by atoms with Crippen LogP contribution in [0.1, 0.15) is 13.3 Å². The van der Waals surface area contributed by atoms with Gasteiger partial charge in [0.1, 0.15) is 18.1 Å². The smallest absolute Gasteiger partial charge is 0.120 e. The van der Waals surface area contributed by atoms with Crippen molar-refractivity contribution < 1.29 is 9.47 Å². The minimum atomic E-state index is 0.579. The highest BCUT2D eigenvalue weighted by atomic mass is 32.1. The topological polar surface area (TPSA) is 18.5 Å². The molecule has 0 atom stereocenters. The molecular formula is C13H18O2S. The van der Waals surface area contributed by atoms with Crippen LogP contribution in [0.4, 0.5) is 0 Å². The molecule has 0 aliphatic heterocycles. The zero-order chi connectivity index (χ0) is 11.6. The van der Waals surface area contributed by atoms with Gasteiger partial charge in [0.2, 0.25) is 0 Å². The first kappa shape index (κ1) is 13.0. The molecule has 0 spiro atoms. The predicted octanol–water partition coefficient (Wildman–Crippen LogP) is 3.34. The van der Waals surface area contributed by atoms with Crippen molar-refractivity contribution >= 4 is 12.6 Å². The molecule has 88 valence electrons. The van der Waals surface area contributed by atoms with Gasteiger partial charge in [0.25, 0.3) is 0 Å². The zero-order valence-corrected chi connectivity index (χ0v) is 10.5. The van der Waals surface area contributed by atoms with Crippen LogP contribution in [-0.4, -0.2) is 19.0 Å². The Balaban J connectivity index is 2.36. The van der Waals surface area contributed by atoms with Crippen molar-refractivity contribution in [1.29, 1.82) is 0 Å². The first-order valence-electron chi connectivity index (χ1n) is 5.48. The van der Waals surface area contributed by atoms with E-state index in [9.17, 15) is 0 Å². The average Bonchev–Trinajstić information content (AvgIpc) is 2.33. The van der Waals surface area contributed by atoms with E-state index < -0.39 is 0 Å². The predicted molar refractivity (Wildman–Crippen MR) is 70.7 cm³/mol. The molecule has 1 aromatic rings. The van der Waals surface area contributed by atoms with Crippen LogP contribution in [0.3, 0.4) is 0 Å². The first-order chi connectivity index (χ1) is 7.86. The third kappa shape index (κ3) is 5.12. The van der Waals surface area contributed by atoms with Gasteiger partial charge in [0.05, 0.1) is 6.61 Å². The SMILES string of the molecule is CCCOc1ccc(OCC=CCS)cc1. The van der Waals surface area contributed by atoms with E-state index in [-0.39, 0.29) is 0 Å². The van der Waals surface area contributed by atoms with Crippen molar-refractivity contribution in [3.8, 4) is 11.5 Å². The van der Waals surface area contributed by atoms with Gasteiger partial charge < -0.3 is 9.47 Å². The van der Waals surface area contributed by atoms with Gasteiger partial charge in [-0.25, -0.2) is 0 Å². The average molecular weight is 238 g/mol. The molecule has 16 heavy (non-hydrogen) atoms. The lowest BCUT2D eigenvalue weighted by Gasteiger charge is -2.06. The molecule has 0 heterocycles. The maximum absolute atomic E-state index is 5.49. The quantitative estimate of drug-likeness (QED) is 0.580. The lowest BCUT2D eigenvalue weighted by atomic mass is 10.3. The minimum Gasteiger partial charge on any atom is -0.494 e. The van der Waals surface area contributed by atoms with Crippen molar-refractivity contribution in [2.45, 2.75) is 13.3 Å². The Morgan fingerprint density at radius 2 is 1.69 bits per heavy atom. The van der Waals surface area contributed by atoms with E-state index in [1.807, 2.05) is 36.4 Å². The minimum absolute atomic E-state index is 0.579. The van der Waals surface area contributed by atoms with Crippen molar-refractivity contribution in [2.24, 2.45) is 0 Å². The molecule has 0 amide bonds. The molecule has 0 aliphatic carbocycles. The molecule has 0 aliphatic rings. The molecule has 3 heteroatoms. The van der Waals surface area contributed by atoms with Gasteiger partial charge in [-0.2, -0.15) is 12.6 Å². The summed E-state index contributed by atoms with van der Waals surface area (Å²) < 4.78 is 11.0. The summed E-state index contributed by atoms with van der Waals surface area (Å²) in [6.07, 6.45) is 4.93. The third-order valence-corrected chi connectivity index (χ3v) is 2.13. The van der Waals surface area contributed by atoms with Gasteiger partial charge in [0, 0.05) is 5.75 Å². The van der Waals surface area contributed by atoms with Crippen LogP contribution >= 0.6 is 12.6 Å². The van der Waals surface area contributed by atoms with E-state index in [1.54, 1.807) is 0 Å². The lowest BCUT2D eigenvalue weighted by Crippen LogP contribution is -1.96. The molecule has 1 rings (SSSR count). The molecule has 1 aromatic carbocycles. The Morgan fingerprint density at radius 1 is 1.06 bits per heavy atom. The number of ether oxygens (including phenoxy) is 2. The monoisotopic (exact) mass is 238 g/mol. The molecule has 0 saturated carbocycles. The highest BCUT2D eigenvalue weighted by Crippen LogP contribution is 2.17. The van der Waals surface area contributed by atoms with Crippen LogP contribution in [0.5, 0.6) is 11.5 Å². The van der Waals surface area contributed by atoms with Gasteiger partial charge in [-0.3, -0.25) is 0 Å². The summed E-state index contributed by atoms with van der Waals surface area (Å²) in [5, 5.41) is 0. The second-order valence-electron chi connectivity index (χ2n) is 3.28. The Hall–Kier alpha value is -1.09. The van der Waals surface area contributed by atoms with E-state index in [1.165, 1.54) is 0 Å². The molecule has 0 radical (unpaired) electrons. The highest BCUT2D eigenvalue weighted by molar-refractivity contribution is 7.80. The van der Waals surface area contributed by atoms with E-state index in [4.69, 9.17) is 9.47 Å². The van der Waals surface area contributed by atoms with Gasteiger partial charge in [-0.15, -0.1) is 0 Å². The largest absolute Gasteiger partial charge is 0.494 e. The Labute approximate surface area is 103 Å². The number of hydrogen-bond donors (Lipinski definition) is 1. The fourth-order valence-electron chi connectivity index (χ4n) is 1.14. The van der Waals surface area contributed by atoms with Gasteiger partial charge in [0.15, 0.2) is 0 Å². The summed E-state index contributed by atoms with van der Waals surface area (Å²) >= 11 is 4.07. The fourth-order valence-corrected chi connectivity index (χ4v) is 1.29. The van der Waals surface area contributed by atoms with Crippen molar-refractivity contribution in [3.05, 3.63) is 36.4 Å². The molecule has 0 saturated heterocycles. The normalized spacial score (nSPS) is 10.6. The molecule has 0 fully saturated rings. The summed E-state index contributed by atoms with van der Waals surface area (Å²) in [5.74, 6) is 2.49. The Bertz CT molecular complexity index is 306. The maximum atomic E-state index is 5.49. The molecular weight excluding hydrogens is 220 g/mol. The van der Waals surface area contributed by atoms with E-state index in [0.29, 0.717) is 6.61 Å². The Kier molecular flexibility index (Phi) is 6.58. The van der Waals surface area contributed by atoms with E-state index in [2.05, 4.69) is 19.6 Å². The molecule has 0 aromatic heterocycles. The maximum Gasteiger partial charge on any atom is 0.120 e. The summed E-state index contributed by atoms with van der Waals surface area (Å²) in [7, 11) is 0. The standard InChI is InChI=1S/C13H18O2S/c1-2-9-14-12-5-7-13(8-6-12)15-10-3-4-11-16/h3-8,16H,2,9-11H2,1H3. The number of thiol groups is 1. The van der Waals surface area contributed by atoms with E-state index in [0.717, 1.165) is 30.3 Å². The second-order valence-corrected chi connectivity index (χ2v) is 3.65. The molecule has 0 bridgehead atoms. The summed E-state index contributed by atoms with van der Waals surface area (Å²) in [6, 6.07) is 7.68. The van der Waals surface area contributed by atoms with Crippen LogP contribution in [0.25, 0.3) is 0 Å². The fraction of sp³-hybridized carbons (Fsp3) is 0.385. The second kappa shape index (κ2) is 8.11. The van der Waals surface area contributed by atoms with Gasteiger partial charge in [-0.05, 0) is 30.7 Å². The van der Waals surface area contributed by atoms with Crippen LogP contribution < -0.4 is 9.47 Å². The molecule has 2 nitrogen and oxygen atoms in total. The van der Waals surface area contributed by atoms with Gasteiger partial charge >= 0.3 is 0 Å². The summed E-state index contributed by atoms with van der Waals surface area (Å²) in [6.45, 7) is 3.42. The zero-order valence-electron chi connectivity index (χ0n) is 9.56. The number of benzene rings is 1. The van der Waals surface area contributed by atoms with Gasteiger partial charge in [-0.1, -0.05) is 19.1 Å². The van der Waals surface area contributed by atoms with E-state index >= 15 is 0 Å². The van der Waals surface area contributed by atoms with Crippen LogP contribution in [0.2, 0.25) is 0 Å². The summed E-state index contributed by atoms with van der Waals surface area (Å²) in [5.41, 5.74) is 0. The number of hydrogen-bond acceptors (Lipinski definition) is 3. The van der Waals surface area contributed by atoms with Crippen molar-refractivity contribution in [3.63, 3.8) is 0 Å². The van der Waals surface area contributed by atoms with Crippen molar-refractivity contribution in [1.82, 2.24) is 0 Å². The van der Waals surface area contributed by atoms with Crippen LogP contribution in [0.15, 0.2) is 36.4 Å². The van der Waals surface area contributed by atoms with Crippen LogP contribution in [0, 0.1) is 0 Å². The summed E-state index contributed by atoms with van der Waals surface area (Å²) in [4.78, 5) is 0. The third-order valence-electron chi connectivity index (χ3n) is 1.91. The number of rotatable bonds is 7. The van der Waals surface area contributed by atoms with Crippen LogP contribution in [-0.2, 0) is 0 Å². The highest BCUT2D eigenvalue weighted by Gasteiger charge is 1.94. The van der Waals surface area contributed by atoms with Crippen molar-refractivity contribution in [2.75, 3.05) is 19.0 Å². The molecule has 0 unspecified atom stereocenters. The molecule has 0 N–H and O–H groups in total. The lowest BCUT2D eigenvalue weighted by molar-refractivity contribution is 0.315. The first-order valence-corrected chi connectivity index (χ1v) is 6.11. The Morgan fingerprint density at radius 3 is 2.25 bits per heavy atom.